The highest BCUT2D eigenvalue weighted by Crippen LogP contribution is 2.24. The molecule has 16 heavy (non-hydrogen) atoms. The maximum absolute atomic E-state index is 12.0. The molecular formula is C11H13BrClNO2. The van der Waals surface area contributed by atoms with Gasteiger partial charge in [0, 0.05) is 23.9 Å². The molecule has 0 bridgehead atoms. The molecule has 0 saturated heterocycles. The molecule has 0 atom stereocenters. The molecule has 0 aromatic heterocycles. The lowest BCUT2D eigenvalue weighted by atomic mass is 10.2. The van der Waals surface area contributed by atoms with E-state index in [2.05, 4.69) is 15.9 Å². The summed E-state index contributed by atoms with van der Waals surface area (Å²) in [6, 6.07) is 4.99. The fourth-order valence-electron chi connectivity index (χ4n) is 1.28. The Morgan fingerprint density at radius 3 is 2.81 bits per heavy atom. The third kappa shape index (κ3) is 3.12. The molecular weight excluding hydrogens is 293 g/mol. The Hall–Kier alpha value is -0.740. The van der Waals surface area contributed by atoms with Gasteiger partial charge >= 0.3 is 0 Å². The molecule has 88 valence electrons. The number of alkyl halides is 1. The van der Waals surface area contributed by atoms with Crippen LogP contribution in [0.4, 0.5) is 0 Å². The predicted octanol–water partition coefficient (Wildman–Crippen LogP) is 2.82. The van der Waals surface area contributed by atoms with Gasteiger partial charge in [-0.25, -0.2) is 0 Å². The summed E-state index contributed by atoms with van der Waals surface area (Å²) in [6.45, 7) is 0.643. The summed E-state index contributed by atoms with van der Waals surface area (Å²) < 4.78 is 5.13. The van der Waals surface area contributed by atoms with Crippen molar-refractivity contribution in [2.24, 2.45) is 0 Å². The molecule has 0 aliphatic rings. The summed E-state index contributed by atoms with van der Waals surface area (Å²) in [5, 5.41) is 1.29. The molecule has 0 heterocycles. The molecule has 1 amide bonds. The van der Waals surface area contributed by atoms with Crippen molar-refractivity contribution in [2.45, 2.75) is 0 Å². The van der Waals surface area contributed by atoms with Gasteiger partial charge in [0.25, 0.3) is 5.91 Å². The van der Waals surface area contributed by atoms with Crippen molar-refractivity contribution in [1.29, 1.82) is 0 Å². The minimum atomic E-state index is -0.0760. The van der Waals surface area contributed by atoms with Crippen LogP contribution in [-0.4, -0.2) is 36.8 Å². The first-order chi connectivity index (χ1) is 7.60. The topological polar surface area (TPSA) is 29.5 Å². The number of carbonyl (C=O) groups is 1. The van der Waals surface area contributed by atoms with E-state index >= 15 is 0 Å². The number of halogens is 2. The fraction of sp³-hybridized carbons (Fsp3) is 0.364. The van der Waals surface area contributed by atoms with Crippen LogP contribution in [0.3, 0.4) is 0 Å². The minimum absolute atomic E-state index is 0.0760. The van der Waals surface area contributed by atoms with Crippen LogP contribution in [0.1, 0.15) is 10.4 Å². The van der Waals surface area contributed by atoms with E-state index in [1.54, 1.807) is 30.1 Å². The summed E-state index contributed by atoms with van der Waals surface area (Å²) in [6.07, 6.45) is 0. The Labute approximate surface area is 108 Å². The SMILES string of the molecule is COc1cc(Cl)ccc1C(=O)N(C)CCBr. The zero-order chi connectivity index (χ0) is 12.1. The quantitative estimate of drug-likeness (QED) is 0.801. The Morgan fingerprint density at radius 1 is 1.56 bits per heavy atom. The molecule has 0 radical (unpaired) electrons. The number of carbonyl (C=O) groups excluding carboxylic acids is 1. The molecule has 1 aromatic rings. The smallest absolute Gasteiger partial charge is 0.257 e. The second-order valence-corrected chi connectivity index (χ2v) is 4.49. The van der Waals surface area contributed by atoms with E-state index in [0.717, 1.165) is 5.33 Å². The number of amides is 1. The van der Waals surface area contributed by atoms with Crippen molar-refractivity contribution in [3.8, 4) is 5.75 Å². The largest absolute Gasteiger partial charge is 0.496 e. The molecule has 1 rings (SSSR count). The predicted molar refractivity (Wildman–Crippen MR) is 68.8 cm³/mol. The third-order valence-corrected chi connectivity index (χ3v) is 2.75. The van der Waals surface area contributed by atoms with Crippen molar-refractivity contribution in [3.05, 3.63) is 28.8 Å². The van der Waals surface area contributed by atoms with Gasteiger partial charge in [0.15, 0.2) is 0 Å². The zero-order valence-electron chi connectivity index (χ0n) is 9.17. The normalized spacial score (nSPS) is 10.0. The van der Waals surface area contributed by atoms with Gasteiger partial charge in [-0.05, 0) is 18.2 Å². The van der Waals surface area contributed by atoms with Gasteiger partial charge in [-0.2, -0.15) is 0 Å². The molecule has 5 heteroatoms. The average Bonchev–Trinajstić information content (AvgIpc) is 2.28. The molecule has 0 saturated carbocycles. The molecule has 3 nitrogen and oxygen atoms in total. The van der Waals surface area contributed by atoms with Crippen LogP contribution in [0.5, 0.6) is 5.75 Å². The van der Waals surface area contributed by atoms with Gasteiger partial charge in [0.1, 0.15) is 5.75 Å². The van der Waals surface area contributed by atoms with Gasteiger partial charge in [-0.1, -0.05) is 27.5 Å². The van der Waals surface area contributed by atoms with E-state index in [1.807, 2.05) is 0 Å². The summed E-state index contributed by atoms with van der Waals surface area (Å²) in [4.78, 5) is 13.6. The lowest BCUT2D eigenvalue weighted by Crippen LogP contribution is -2.28. The average molecular weight is 307 g/mol. The first-order valence-corrected chi connectivity index (χ1v) is 6.25. The molecule has 0 aliphatic carbocycles. The van der Waals surface area contributed by atoms with Crippen LogP contribution in [0.15, 0.2) is 18.2 Å². The summed E-state index contributed by atoms with van der Waals surface area (Å²) in [7, 11) is 3.27. The van der Waals surface area contributed by atoms with Crippen LogP contribution >= 0.6 is 27.5 Å². The van der Waals surface area contributed by atoms with Crippen molar-refractivity contribution in [3.63, 3.8) is 0 Å². The highest BCUT2D eigenvalue weighted by Gasteiger charge is 2.16. The van der Waals surface area contributed by atoms with E-state index in [-0.39, 0.29) is 5.91 Å². The van der Waals surface area contributed by atoms with Crippen molar-refractivity contribution in [2.75, 3.05) is 26.0 Å². The van der Waals surface area contributed by atoms with Gasteiger partial charge in [-0.3, -0.25) is 4.79 Å². The highest BCUT2D eigenvalue weighted by atomic mass is 79.9. The van der Waals surface area contributed by atoms with Crippen LogP contribution in [0.2, 0.25) is 5.02 Å². The van der Waals surface area contributed by atoms with Crippen molar-refractivity contribution >= 4 is 33.4 Å². The van der Waals surface area contributed by atoms with E-state index in [4.69, 9.17) is 16.3 Å². The summed E-state index contributed by atoms with van der Waals surface area (Å²) >= 11 is 9.12. The third-order valence-electron chi connectivity index (χ3n) is 2.16. The number of methoxy groups -OCH3 is 1. The first kappa shape index (κ1) is 13.3. The zero-order valence-corrected chi connectivity index (χ0v) is 11.5. The molecule has 0 unspecified atom stereocenters. The van der Waals surface area contributed by atoms with Crippen LogP contribution < -0.4 is 4.74 Å². The molecule has 1 aromatic carbocycles. The van der Waals surface area contributed by atoms with Gasteiger partial charge < -0.3 is 9.64 Å². The summed E-state index contributed by atoms with van der Waals surface area (Å²) in [5.74, 6) is 0.423. The van der Waals surface area contributed by atoms with E-state index in [9.17, 15) is 4.79 Å². The van der Waals surface area contributed by atoms with Gasteiger partial charge in [-0.15, -0.1) is 0 Å². The number of rotatable bonds is 4. The minimum Gasteiger partial charge on any atom is -0.496 e. The van der Waals surface area contributed by atoms with E-state index in [1.165, 1.54) is 7.11 Å². The Morgan fingerprint density at radius 2 is 2.25 bits per heavy atom. The first-order valence-electron chi connectivity index (χ1n) is 4.75. The lowest BCUT2D eigenvalue weighted by Gasteiger charge is -2.17. The van der Waals surface area contributed by atoms with Gasteiger partial charge in [0.2, 0.25) is 0 Å². The lowest BCUT2D eigenvalue weighted by molar-refractivity contribution is 0.0801. The molecule has 0 fully saturated rings. The second kappa shape index (κ2) is 6.11. The van der Waals surface area contributed by atoms with Crippen LogP contribution in [-0.2, 0) is 0 Å². The maximum Gasteiger partial charge on any atom is 0.257 e. The number of ether oxygens (including phenoxy) is 1. The second-order valence-electron chi connectivity index (χ2n) is 3.26. The summed E-state index contributed by atoms with van der Waals surface area (Å²) in [5.41, 5.74) is 0.523. The van der Waals surface area contributed by atoms with E-state index < -0.39 is 0 Å². The van der Waals surface area contributed by atoms with E-state index in [0.29, 0.717) is 22.9 Å². The number of hydrogen-bond donors (Lipinski definition) is 0. The number of benzene rings is 1. The van der Waals surface area contributed by atoms with Crippen LogP contribution in [0.25, 0.3) is 0 Å². The Balaban J connectivity index is 2.98. The number of nitrogens with zero attached hydrogens (tertiary/aromatic N) is 1. The molecule has 0 spiro atoms. The Kier molecular flexibility index (Phi) is 5.09. The molecule has 0 aliphatic heterocycles. The maximum atomic E-state index is 12.0. The molecule has 0 N–H and O–H groups in total. The fourth-order valence-corrected chi connectivity index (χ4v) is 1.97. The monoisotopic (exact) mass is 305 g/mol. The van der Waals surface area contributed by atoms with Crippen molar-refractivity contribution < 1.29 is 9.53 Å². The highest BCUT2D eigenvalue weighted by molar-refractivity contribution is 9.09. The Bertz CT molecular complexity index is 384. The van der Waals surface area contributed by atoms with Gasteiger partial charge in [0.05, 0.1) is 12.7 Å². The van der Waals surface area contributed by atoms with Crippen molar-refractivity contribution in [1.82, 2.24) is 4.90 Å². The number of hydrogen-bond acceptors (Lipinski definition) is 2. The van der Waals surface area contributed by atoms with Crippen LogP contribution in [0, 0.1) is 0 Å². The standard InChI is InChI=1S/C11H13BrClNO2/c1-14(6-5-12)11(15)9-4-3-8(13)7-10(9)16-2/h3-4,7H,5-6H2,1-2H3.